The predicted octanol–water partition coefficient (Wildman–Crippen LogP) is 5.82. The second kappa shape index (κ2) is 9.78. The zero-order chi connectivity index (χ0) is 24.4. The number of hydrogen-bond acceptors (Lipinski definition) is 3. The van der Waals surface area contributed by atoms with Crippen LogP contribution in [0.25, 0.3) is 11.5 Å². The van der Waals surface area contributed by atoms with Crippen LogP contribution in [0.15, 0.2) is 70.9 Å². The number of halogens is 1. The minimum absolute atomic E-state index is 0.130. The summed E-state index contributed by atoms with van der Waals surface area (Å²) in [6.07, 6.45) is 9.28. The summed E-state index contributed by atoms with van der Waals surface area (Å²) in [6.45, 7) is 3.09. The van der Waals surface area contributed by atoms with Crippen LogP contribution in [0.1, 0.15) is 55.1 Å². The number of allylic oxidation sites excluding steroid dienone is 1. The third kappa shape index (κ3) is 4.67. The molecule has 1 N–H and O–H groups in total. The lowest BCUT2D eigenvalue weighted by atomic mass is 9.92. The zero-order valence-electron chi connectivity index (χ0n) is 19.9. The van der Waals surface area contributed by atoms with Crippen LogP contribution in [0.2, 0.25) is 5.02 Å². The number of rotatable bonds is 7. The van der Waals surface area contributed by atoms with E-state index in [2.05, 4.69) is 11.4 Å². The fourth-order valence-corrected chi connectivity index (χ4v) is 5.25. The molecule has 0 fully saturated rings. The van der Waals surface area contributed by atoms with Gasteiger partial charge < -0.3 is 19.2 Å². The number of nitrogens with one attached hydrogen (secondary N) is 1. The summed E-state index contributed by atoms with van der Waals surface area (Å²) in [7, 11) is 0. The van der Waals surface area contributed by atoms with Crippen molar-refractivity contribution in [2.75, 3.05) is 6.54 Å². The van der Waals surface area contributed by atoms with Crippen LogP contribution in [0.3, 0.4) is 0 Å². The van der Waals surface area contributed by atoms with Gasteiger partial charge in [-0.3, -0.25) is 9.59 Å². The van der Waals surface area contributed by atoms with Crippen LogP contribution in [0.4, 0.5) is 0 Å². The Labute approximate surface area is 210 Å². The average Bonchev–Trinajstić information content (AvgIpc) is 3.54. The van der Waals surface area contributed by atoms with Crippen LogP contribution in [0, 0.1) is 0 Å². The van der Waals surface area contributed by atoms with Crippen molar-refractivity contribution in [3.63, 3.8) is 0 Å². The Bertz CT molecular complexity index is 1240. The van der Waals surface area contributed by atoms with Gasteiger partial charge in [-0.2, -0.15) is 0 Å². The summed E-state index contributed by atoms with van der Waals surface area (Å²) < 4.78 is 7.53. The molecule has 1 aliphatic carbocycles. The number of benzene rings is 1. The minimum Gasteiger partial charge on any atom is -0.463 e. The highest BCUT2D eigenvalue weighted by atomic mass is 35.5. The van der Waals surface area contributed by atoms with Crippen molar-refractivity contribution < 1.29 is 14.0 Å². The molecule has 6 nitrogen and oxygen atoms in total. The number of nitrogens with zero attached hydrogens (tertiary/aromatic N) is 2. The normalized spacial score (nSPS) is 19.9. The SMILES string of the molecule is C[C@]1(C(=O)NCc2ccc(Cl)cc2)Cn2c(ccc2-c2ccco2)C(=O)N1CCC1=CCCCC1. The molecule has 1 aliphatic heterocycles. The lowest BCUT2D eigenvalue weighted by molar-refractivity contribution is -0.133. The van der Waals surface area contributed by atoms with Gasteiger partial charge in [-0.15, -0.1) is 0 Å². The van der Waals surface area contributed by atoms with Crippen LogP contribution in [0.5, 0.6) is 0 Å². The van der Waals surface area contributed by atoms with E-state index >= 15 is 0 Å². The standard InChI is InChI=1S/C28H30ClN3O3/c1-28(27(34)30-18-21-9-11-22(29)12-10-21)19-31-23(25-8-5-17-35-25)13-14-24(31)26(33)32(28)16-15-20-6-3-2-4-7-20/h5-6,8-14,17H,2-4,7,15-16,18-19H2,1H3,(H,30,34)/t28-/m1/s1. The quantitative estimate of drug-likeness (QED) is 0.423. The first kappa shape index (κ1) is 23.5. The van der Waals surface area contributed by atoms with Gasteiger partial charge in [0.05, 0.1) is 18.5 Å². The van der Waals surface area contributed by atoms with Crippen molar-refractivity contribution in [2.24, 2.45) is 0 Å². The molecule has 3 heterocycles. The third-order valence-corrected chi connectivity index (χ3v) is 7.43. The number of fused-ring (bicyclic) bond motifs is 1. The summed E-state index contributed by atoms with van der Waals surface area (Å²) in [5.41, 5.74) is 2.66. The van der Waals surface area contributed by atoms with Crippen LogP contribution in [-0.2, 0) is 17.9 Å². The summed E-state index contributed by atoms with van der Waals surface area (Å²) >= 11 is 6.00. The molecule has 7 heteroatoms. The Morgan fingerprint density at radius 1 is 1.11 bits per heavy atom. The fraction of sp³-hybridized carbons (Fsp3) is 0.357. The maximum Gasteiger partial charge on any atom is 0.271 e. The second-order valence-electron chi connectivity index (χ2n) is 9.57. The summed E-state index contributed by atoms with van der Waals surface area (Å²) in [5.74, 6) is 0.367. The molecule has 0 saturated heterocycles. The molecule has 1 atom stereocenters. The molecule has 3 aromatic rings. The molecule has 2 aliphatic rings. The van der Waals surface area contributed by atoms with E-state index in [1.54, 1.807) is 23.3 Å². The molecule has 0 unspecified atom stereocenters. The van der Waals surface area contributed by atoms with Crippen molar-refractivity contribution in [3.8, 4) is 11.5 Å². The molecule has 2 amide bonds. The Kier molecular flexibility index (Phi) is 6.56. The lowest BCUT2D eigenvalue weighted by Crippen LogP contribution is -2.64. The molecule has 0 radical (unpaired) electrons. The number of amides is 2. The molecule has 0 bridgehead atoms. The molecular formula is C28H30ClN3O3. The van der Waals surface area contributed by atoms with Gasteiger partial charge in [-0.05, 0) is 81.0 Å². The van der Waals surface area contributed by atoms with E-state index in [0.29, 0.717) is 36.1 Å². The van der Waals surface area contributed by atoms with Gasteiger partial charge in [0, 0.05) is 18.1 Å². The van der Waals surface area contributed by atoms with E-state index in [1.807, 2.05) is 47.9 Å². The second-order valence-corrected chi connectivity index (χ2v) is 10.0. The highest BCUT2D eigenvalue weighted by molar-refractivity contribution is 6.30. The van der Waals surface area contributed by atoms with E-state index < -0.39 is 5.54 Å². The van der Waals surface area contributed by atoms with Crippen molar-refractivity contribution in [1.82, 2.24) is 14.8 Å². The van der Waals surface area contributed by atoms with Gasteiger partial charge >= 0.3 is 0 Å². The van der Waals surface area contributed by atoms with E-state index in [1.165, 1.54) is 18.4 Å². The van der Waals surface area contributed by atoms with Crippen molar-refractivity contribution >= 4 is 23.4 Å². The first-order valence-corrected chi connectivity index (χ1v) is 12.6. The molecule has 0 spiro atoms. The highest BCUT2D eigenvalue weighted by Gasteiger charge is 2.47. The fourth-order valence-electron chi connectivity index (χ4n) is 5.12. The Balaban J connectivity index is 1.44. The van der Waals surface area contributed by atoms with Crippen LogP contribution in [-0.4, -0.2) is 33.4 Å². The smallest absolute Gasteiger partial charge is 0.271 e. The van der Waals surface area contributed by atoms with Gasteiger partial charge in [0.25, 0.3) is 5.91 Å². The number of carbonyl (C=O) groups is 2. The average molecular weight is 492 g/mol. The molecule has 2 aromatic heterocycles. The number of aromatic nitrogens is 1. The van der Waals surface area contributed by atoms with Gasteiger partial charge in [-0.25, -0.2) is 0 Å². The zero-order valence-corrected chi connectivity index (χ0v) is 20.7. The molecule has 5 rings (SSSR count). The van der Waals surface area contributed by atoms with Crippen molar-refractivity contribution in [3.05, 3.63) is 82.7 Å². The molecule has 0 saturated carbocycles. The molecule has 182 valence electrons. The lowest BCUT2D eigenvalue weighted by Gasteiger charge is -2.44. The van der Waals surface area contributed by atoms with E-state index in [0.717, 1.165) is 30.5 Å². The van der Waals surface area contributed by atoms with Gasteiger partial charge in [0.15, 0.2) is 0 Å². The summed E-state index contributed by atoms with van der Waals surface area (Å²) in [6, 6.07) is 14.8. The van der Waals surface area contributed by atoms with Crippen molar-refractivity contribution in [2.45, 2.75) is 57.7 Å². The van der Waals surface area contributed by atoms with Gasteiger partial charge in [-0.1, -0.05) is 35.4 Å². The molecule has 1 aromatic carbocycles. The predicted molar refractivity (Wildman–Crippen MR) is 136 cm³/mol. The Morgan fingerprint density at radius 3 is 2.63 bits per heavy atom. The van der Waals surface area contributed by atoms with E-state index in [4.69, 9.17) is 16.0 Å². The largest absolute Gasteiger partial charge is 0.463 e. The van der Waals surface area contributed by atoms with E-state index in [-0.39, 0.29) is 11.8 Å². The van der Waals surface area contributed by atoms with Gasteiger partial charge in [0.2, 0.25) is 5.91 Å². The summed E-state index contributed by atoms with van der Waals surface area (Å²) in [4.78, 5) is 29.2. The summed E-state index contributed by atoms with van der Waals surface area (Å²) in [5, 5.41) is 3.72. The maximum absolute atomic E-state index is 13.8. The topological polar surface area (TPSA) is 67.5 Å². The maximum atomic E-state index is 13.8. The van der Waals surface area contributed by atoms with E-state index in [9.17, 15) is 9.59 Å². The Morgan fingerprint density at radius 2 is 1.91 bits per heavy atom. The minimum atomic E-state index is -1.05. The number of hydrogen-bond donors (Lipinski definition) is 1. The van der Waals surface area contributed by atoms with Crippen molar-refractivity contribution in [1.29, 1.82) is 0 Å². The van der Waals surface area contributed by atoms with Gasteiger partial charge in [0.1, 0.15) is 17.0 Å². The highest BCUT2D eigenvalue weighted by Crippen LogP contribution is 2.34. The first-order valence-electron chi connectivity index (χ1n) is 12.2. The monoisotopic (exact) mass is 491 g/mol. The number of furan rings is 1. The van der Waals surface area contributed by atoms with Crippen LogP contribution >= 0.6 is 11.6 Å². The number of carbonyl (C=O) groups excluding carboxylic acids is 2. The Hall–Kier alpha value is -3.25. The first-order chi connectivity index (χ1) is 17.0. The third-order valence-electron chi connectivity index (χ3n) is 7.18. The molecular weight excluding hydrogens is 462 g/mol. The molecule has 35 heavy (non-hydrogen) atoms. The van der Waals surface area contributed by atoms with Crippen LogP contribution < -0.4 is 5.32 Å².